The molecule has 0 atom stereocenters. The van der Waals surface area contributed by atoms with Gasteiger partial charge in [-0.1, -0.05) is 190 Å². The molecule has 0 bridgehead atoms. The van der Waals surface area contributed by atoms with E-state index in [1.165, 1.54) is 60.6 Å². The Labute approximate surface area is 370 Å². The van der Waals surface area contributed by atoms with Crippen molar-refractivity contribution < 1.29 is 0 Å². The fraction of sp³-hybridized carbons (Fsp3) is 0.0492. The molecule has 0 amide bonds. The summed E-state index contributed by atoms with van der Waals surface area (Å²) >= 11 is 0. The van der Waals surface area contributed by atoms with Crippen LogP contribution in [0.25, 0.3) is 56.0 Å². The number of nitrogens with zero attached hydrogens (tertiary/aromatic N) is 2. The predicted molar refractivity (Wildman–Crippen MR) is 269 cm³/mol. The Morgan fingerprint density at radius 3 is 1.46 bits per heavy atom. The molecule has 0 radical (unpaired) electrons. The van der Waals surface area contributed by atoms with E-state index in [0.29, 0.717) is 0 Å². The molecule has 10 aromatic carbocycles. The fourth-order valence-corrected chi connectivity index (χ4v) is 9.60. The van der Waals surface area contributed by atoms with Gasteiger partial charge in [-0.25, -0.2) is 0 Å². The van der Waals surface area contributed by atoms with Crippen LogP contribution in [0.2, 0.25) is 0 Å². The summed E-state index contributed by atoms with van der Waals surface area (Å²) in [6.07, 6.45) is 4.41. The lowest BCUT2D eigenvalue weighted by molar-refractivity contribution is 0.660. The lowest BCUT2D eigenvalue weighted by Gasteiger charge is -2.29. The van der Waals surface area contributed by atoms with E-state index in [4.69, 9.17) is 0 Å². The van der Waals surface area contributed by atoms with Crippen molar-refractivity contribution >= 4 is 67.8 Å². The maximum Gasteiger partial charge on any atom is 0.0546 e. The Hall–Kier alpha value is -7.94. The molecule has 63 heavy (non-hydrogen) atoms. The molecule has 0 heterocycles. The first-order valence-electron chi connectivity index (χ1n) is 21.8. The minimum absolute atomic E-state index is 0.108. The van der Waals surface area contributed by atoms with E-state index in [2.05, 4.69) is 266 Å². The highest BCUT2D eigenvalue weighted by molar-refractivity contribution is 6.14. The second-order valence-corrected chi connectivity index (χ2v) is 17.0. The zero-order valence-electron chi connectivity index (χ0n) is 35.5. The Morgan fingerprint density at radius 2 is 0.794 bits per heavy atom. The number of benzene rings is 10. The molecule has 300 valence electrons. The molecule has 0 saturated carbocycles. The van der Waals surface area contributed by atoms with E-state index in [-0.39, 0.29) is 5.41 Å². The van der Waals surface area contributed by atoms with Crippen LogP contribution in [0.15, 0.2) is 231 Å². The fourth-order valence-electron chi connectivity index (χ4n) is 9.60. The van der Waals surface area contributed by atoms with Crippen LogP contribution in [0.1, 0.15) is 36.1 Å². The van der Waals surface area contributed by atoms with E-state index in [9.17, 15) is 0 Å². The van der Waals surface area contributed by atoms with Gasteiger partial charge in [-0.15, -0.1) is 0 Å². The zero-order valence-corrected chi connectivity index (χ0v) is 35.5. The van der Waals surface area contributed by atoms with Crippen LogP contribution in [-0.4, -0.2) is 0 Å². The summed E-state index contributed by atoms with van der Waals surface area (Å²) in [5, 5.41) is 4.97. The minimum Gasteiger partial charge on any atom is -0.311 e. The predicted octanol–water partition coefficient (Wildman–Crippen LogP) is 17.1. The second kappa shape index (κ2) is 15.8. The Kier molecular flexibility index (Phi) is 9.55. The van der Waals surface area contributed by atoms with Crippen molar-refractivity contribution in [2.75, 3.05) is 9.80 Å². The van der Waals surface area contributed by atoms with Crippen molar-refractivity contribution in [3.8, 4) is 22.3 Å². The third-order valence-electron chi connectivity index (χ3n) is 12.8. The van der Waals surface area contributed by atoms with Crippen molar-refractivity contribution in [3.63, 3.8) is 0 Å². The SMILES string of the molecule is CC1(C)c2ccccc2-c2ccc(N(c3ccc(/C=C/c4ccc(-c5ccc(N(c6ccccc6)c6ccccc6)cc5)cc4)cc3)c3cc4ccccc4c4ccccc34)cc21. The molecule has 0 aliphatic heterocycles. The molecule has 2 heteroatoms. The monoisotopic (exact) mass is 806 g/mol. The second-order valence-electron chi connectivity index (χ2n) is 17.0. The van der Waals surface area contributed by atoms with Crippen molar-refractivity contribution in [1.82, 2.24) is 0 Å². The lowest BCUT2D eigenvalue weighted by Crippen LogP contribution is -2.16. The number of fused-ring (bicyclic) bond motifs is 6. The van der Waals surface area contributed by atoms with Crippen molar-refractivity contribution in [2.45, 2.75) is 19.3 Å². The van der Waals surface area contributed by atoms with E-state index in [0.717, 1.165) is 39.6 Å². The van der Waals surface area contributed by atoms with E-state index < -0.39 is 0 Å². The topological polar surface area (TPSA) is 6.48 Å². The average molecular weight is 807 g/mol. The molecule has 0 saturated heterocycles. The first-order valence-corrected chi connectivity index (χ1v) is 21.8. The Balaban J connectivity index is 0.892. The van der Waals surface area contributed by atoms with Gasteiger partial charge in [0.2, 0.25) is 0 Å². The quantitative estimate of drug-likeness (QED) is 0.106. The van der Waals surface area contributed by atoms with Crippen LogP contribution >= 0.6 is 0 Å². The highest BCUT2D eigenvalue weighted by atomic mass is 15.1. The van der Waals surface area contributed by atoms with Gasteiger partial charge in [0.1, 0.15) is 0 Å². The average Bonchev–Trinajstić information content (AvgIpc) is 3.57. The van der Waals surface area contributed by atoms with Crippen LogP contribution < -0.4 is 9.80 Å². The summed E-state index contributed by atoms with van der Waals surface area (Å²) in [5.74, 6) is 0. The molecule has 1 aliphatic rings. The van der Waals surface area contributed by atoms with Gasteiger partial charge < -0.3 is 9.80 Å². The van der Waals surface area contributed by atoms with Crippen molar-refractivity contribution in [3.05, 3.63) is 253 Å². The minimum atomic E-state index is -0.108. The lowest BCUT2D eigenvalue weighted by atomic mass is 9.82. The summed E-state index contributed by atoms with van der Waals surface area (Å²) in [5.41, 5.74) is 16.8. The molecule has 10 aromatic rings. The van der Waals surface area contributed by atoms with Crippen LogP contribution in [-0.2, 0) is 5.41 Å². The standard InChI is InChI=1S/C61H46N2/c1-61(2)58-24-14-13-22-55(58)56-40-39-52(42-59(56)61)63(60-41-47-15-9-10-20-53(47)54-21-11-12-23-57(54)60)51-35-29-44(30-36-51)26-25-43-27-31-45(32-28-43)46-33-37-50(38-34-46)62(48-16-5-3-6-17-48)49-18-7-4-8-19-49/h3-42H,1-2H3/b26-25+. The number of hydrogen-bond acceptors (Lipinski definition) is 2. The maximum atomic E-state index is 2.45. The summed E-state index contributed by atoms with van der Waals surface area (Å²) in [7, 11) is 0. The Bertz CT molecular complexity index is 3230. The molecule has 2 nitrogen and oxygen atoms in total. The smallest absolute Gasteiger partial charge is 0.0546 e. The number of anilines is 6. The zero-order chi connectivity index (χ0) is 42.3. The van der Waals surface area contributed by atoms with E-state index >= 15 is 0 Å². The van der Waals surface area contributed by atoms with Crippen molar-refractivity contribution in [2.24, 2.45) is 0 Å². The third-order valence-corrected chi connectivity index (χ3v) is 12.8. The number of rotatable bonds is 9. The summed E-state index contributed by atoms with van der Waals surface area (Å²) in [4.78, 5) is 4.74. The van der Waals surface area contributed by atoms with Crippen LogP contribution in [0.4, 0.5) is 34.1 Å². The van der Waals surface area contributed by atoms with Gasteiger partial charge in [0, 0.05) is 39.2 Å². The maximum absolute atomic E-state index is 2.45. The van der Waals surface area contributed by atoms with E-state index in [1.54, 1.807) is 0 Å². The normalized spacial score (nSPS) is 12.7. The molecular formula is C61H46N2. The summed E-state index contributed by atoms with van der Waals surface area (Å²) in [6, 6.07) is 83.6. The molecule has 0 N–H and O–H groups in total. The molecular weight excluding hydrogens is 761 g/mol. The highest BCUT2D eigenvalue weighted by Gasteiger charge is 2.36. The highest BCUT2D eigenvalue weighted by Crippen LogP contribution is 2.51. The van der Waals surface area contributed by atoms with Gasteiger partial charge in [-0.05, 0) is 127 Å². The first-order chi connectivity index (χ1) is 31.0. The van der Waals surface area contributed by atoms with E-state index in [1.807, 2.05) is 0 Å². The molecule has 11 rings (SSSR count). The van der Waals surface area contributed by atoms with Gasteiger partial charge in [0.15, 0.2) is 0 Å². The van der Waals surface area contributed by atoms with Crippen molar-refractivity contribution in [1.29, 1.82) is 0 Å². The van der Waals surface area contributed by atoms with Crippen LogP contribution in [0.5, 0.6) is 0 Å². The van der Waals surface area contributed by atoms with Gasteiger partial charge >= 0.3 is 0 Å². The first kappa shape index (κ1) is 38.0. The molecule has 1 aliphatic carbocycles. The Morgan fingerprint density at radius 1 is 0.333 bits per heavy atom. The molecule has 0 aromatic heterocycles. The molecule has 0 spiro atoms. The summed E-state index contributed by atoms with van der Waals surface area (Å²) in [6.45, 7) is 4.71. The number of para-hydroxylation sites is 2. The number of hydrogen-bond donors (Lipinski definition) is 0. The molecule has 0 fully saturated rings. The van der Waals surface area contributed by atoms with Gasteiger partial charge in [0.25, 0.3) is 0 Å². The molecule has 0 unspecified atom stereocenters. The van der Waals surface area contributed by atoms with Gasteiger partial charge in [-0.3, -0.25) is 0 Å². The van der Waals surface area contributed by atoms with Crippen LogP contribution in [0.3, 0.4) is 0 Å². The summed E-state index contributed by atoms with van der Waals surface area (Å²) < 4.78 is 0. The largest absolute Gasteiger partial charge is 0.311 e. The van der Waals surface area contributed by atoms with Crippen LogP contribution in [0, 0.1) is 0 Å². The van der Waals surface area contributed by atoms with Gasteiger partial charge in [0.05, 0.1) is 5.69 Å². The van der Waals surface area contributed by atoms with Gasteiger partial charge in [-0.2, -0.15) is 0 Å². The third kappa shape index (κ3) is 6.96.